The minimum atomic E-state index is -1.01. The fourth-order valence-electron chi connectivity index (χ4n) is 7.29. The molecule has 1 saturated heterocycles. The fraction of sp³-hybridized carbons (Fsp3) is 0.947. The summed E-state index contributed by atoms with van der Waals surface area (Å²) in [6.07, 6.45) is 5.49. The third kappa shape index (κ3) is 1.61. The van der Waals surface area contributed by atoms with E-state index in [1.807, 2.05) is 0 Å². The van der Waals surface area contributed by atoms with Crippen molar-refractivity contribution in [2.45, 2.75) is 82.7 Å². The van der Waals surface area contributed by atoms with Crippen LogP contribution in [-0.4, -0.2) is 39.9 Å². The van der Waals surface area contributed by atoms with Crippen LogP contribution in [0.15, 0.2) is 0 Å². The number of aliphatic hydroxyl groups is 2. The molecule has 0 unspecified atom stereocenters. The first-order valence-electron chi connectivity index (χ1n) is 9.39. The molecule has 4 heteroatoms. The molecule has 4 saturated carbocycles. The number of hydrogen-bond acceptors (Lipinski definition) is 4. The van der Waals surface area contributed by atoms with Crippen molar-refractivity contribution in [1.82, 2.24) is 0 Å². The van der Waals surface area contributed by atoms with Crippen molar-refractivity contribution in [3.05, 3.63) is 0 Å². The summed E-state index contributed by atoms with van der Waals surface area (Å²) in [4.78, 5) is 12.4. The Morgan fingerprint density at radius 3 is 2.65 bits per heavy atom. The number of Topliss-reactive ketones (excluding diaryl/α,β-unsaturated/α-hetero) is 1. The minimum absolute atomic E-state index is 0.154. The molecular weight excluding hydrogens is 292 g/mol. The normalized spacial score (nSPS) is 63.7. The highest BCUT2D eigenvalue weighted by Crippen LogP contribution is 2.68. The van der Waals surface area contributed by atoms with Crippen molar-refractivity contribution in [2.75, 3.05) is 0 Å². The van der Waals surface area contributed by atoms with Crippen molar-refractivity contribution in [3.8, 4) is 0 Å². The number of rotatable bonds is 0. The Morgan fingerprint density at radius 2 is 1.87 bits per heavy atom. The van der Waals surface area contributed by atoms with Crippen LogP contribution < -0.4 is 0 Å². The second-order valence-electron chi connectivity index (χ2n) is 9.51. The lowest BCUT2D eigenvalue weighted by molar-refractivity contribution is -0.246. The average molecular weight is 320 g/mol. The van der Waals surface area contributed by atoms with Gasteiger partial charge in [-0.1, -0.05) is 13.8 Å². The topological polar surface area (TPSA) is 70.1 Å². The molecule has 0 spiro atoms. The number of aliphatic hydroxyl groups excluding tert-OH is 1. The van der Waals surface area contributed by atoms with E-state index in [0.29, 0.717) is 42.8 Å². The van der Waals surface area contributed by atoms with Crippen LogP contribution in [0.4, 0.5) is 0 Å². The van der Waals surface area contributed by atoms with Crippen LogP contribution in [0.2, 0.25) is 0 Å². The van der Waals surface area contributed by atoms with Crippen molar-refractivity contribution in [1.29, 1.82) is 0 Å². The Labute approximate surface area is 137 Å². The molecule has 0 aromatic heterocycles. The second kappa shape index (κ2) is 4.20. The summed E-state index contributed by atoms with van der Waals surface area (Å²) in [6.45, 7) is 4.34. The lowest BCUT2D eigenvalue weighted by Crippen LogP contribution is -2.68. The molecule has 0 aromatic carbocycles. The monoisotopic (exact) mass is 320 g/mol. The van der Waals surface area contributed by atoms with Gasteiger partial charge in [0, 0.05) is 23.7 Å². The van der Waals surface area contributed by atoms with Crippen LogP contribution in [0, 0.1) is 28.6 Å². The van der Waals surface area contributed by atoms with Gasteiger partial charge in [0.15, 0.2) is 0 Å². The van der Waals surface area contributed by atoms with E-state index in [1.54, 1.807) is 0 Å². The summed E-state index contributed by atoms with van der Waals surface area (Å²) in [5, 5.41) is 22.3. The number of hydrogen-bond donors (Lipinski definition) is 2. The van der Waals surface area contributed by atoms with Crippen molar-refractivity contribution in [2.24, 2.45) is 28.6 Å². The third-order valence-corrected chi connectivity index (χ3v) is 8.83. The van der Waals surface area contributed by atoms with Gasteiger partial charge in [0.05, 0.1) is 23.9 Å². The van der Waals surface area contributed by atoms with Crippen molar-refractivity contribution >= 4 is 5.78 Å². The van der Waals surface area contributed by atoms with E-state index in [1.165, 1.54) is 0 Å². The number of carbonyl (C=O) groups is 1. The maximum atomic E-state index is 12.4. The number of epoxide rings is 1. The molecule has 9 atom stereocenters. The molecule has 4 aliphatic carbocycles. The minimum Gasteiger partial charge on any atom is -0.390 e. The first kappa shape index (κ1) is 14.9. The molecule has 4 nitrogen and oxygen atoms in total. The zero-order chi connectivity index (χ0) is 16.2. The Bertz CT molecular complexity index is 576. The highest BCUT2D eigenvalue weighted by atomic mass is 16.6. The van der Waals surface area contributed by atoms with Crippen LogP contribution in [0.1, 0.15) is 58.8 Å². The zero-order valence-electron chi connectivity index (χ0n) is 14.1. The van der Waals surface area contributed by atoms with Gasteiger partial charge < -0.3 is 14.9 Å². The molecule has 2 N–H and O–H groups in total. The molecule has 0 radical (unpaired) electrons. The van der Waals surface area contributed by atoms with E-state index in [-0.39, 0.29) is 23.0 Å². The quantitative estimate of drug-likeness (QED) is 0.670. The van der Waals surface area contributed by atoms with Gasteiger partial charge in [0.25, 0.3) is 0 Å². The third-order valence-electron chi connectivity index (χ3n) is 8.83. The molecular formula is C19H28O4. The van der Waals surface area contributed by atoms with E-state index < -0.39 is 11.7 Å². The highest BCUT2D eigenvalue weighted by molar-refractivity contribution is 5.87. The largest absolute Gasteiger partial charge is 0.390 e. The lowest BCUT2D eigenvalue weighted by atomic mass is 9.43. The van der Waals surface area contributed by atoms with Gasteiger partial charge in [-0.3, -0.25) is 4.79 Å². The van der Waals surface area contributed by atoms with E-state index >= 15 is 0 Å². The molecule has 0 bridgehead atoms. The first-order chi connectivity index (χ1) is 10.8. The van der Waals surface area contributed by atoms with Gasteiger partial charge in [-0.15, -0.1) is 0 Å². The highest BCUT2D eigenvalue weighted by Gasteiger charge is 2.71. The number of fused-ring (bicyclic) bond motifs is 6. The number of ether oxygens (including phenoxy) is 1. The summed E-state index contributed by atoms with van der Waals surface area (Å²) in [6, 6.07) is 0. The molecule has 0 amide bonds. The second-order valence-corrected chi connectivity index (χ2v) is 9.51. The summed E-state index contributed by atoms with van der Waals surface area (Å²) >= 11 is 0. The van der Waals surface area contributed by atoms with Crippen LogP contribution in [0.25, 0.3) is 0 Å². The van der Waals surface area contributed by atoms with E-state index in [0.717, 1.165) is 25.7 Å². The van der Waals surface area contributed by atoms with Gasteiger partial charge in [-0.2, -0.15) is 0 Å². The molecule has 0 aromatic rings. The number of carbonyl (C=O) groups excluding carboxylic acids is 1. The Hall–Kier alpha value is -0.450. The fourth-order valence-corrected chi connectivity index (χ4v) is 7.29. The Morgan fingerprint density at radius 1 is 1.13 bits per heavy atom. The molecule has 23 heavy (non-hydrogen) atoms. The molecule has 1 aliphatic heterocycles. The average Bonchev–Trinajstić information content (AvgIpc) is 3.14. The summed E-state index contributed by atoms with van der Waals surface area (Å²) in [5.41, 5.74) is -1.47. The maximum absolute atomic E-state index is 12.4. The molecule has 5 rings (SSSR count). The van der Waals surface area contributed by atoms with Gasteiger partial charge in [0.2, 0.25) is 0 Å². The maximum Gasteiger partial charge on any atom is 0.139 e. The van der Waals surface area contributed by atoms with Crippen LogP contribution in [-0.2, 0) is 9.53 Å². The summed E-state index contributed by atoms with van der Waals surface area (Å²) in [7, 11) is 0. The smallest absolute Gasteiger partial charge is 0.139 e. The predicted octanol–water partition coefficient (Wildman–Crippen LogP) is 2.06. The molecule has 128 valence electrons. The van der Waals surface area contributed by atoms with Crippen molar-refractivity contribution in [3.63, 3.8) is 0 Å². The SMILES string of the molecule is C[C@]12CC[C@H]3[C@@H](C[C@H](O)[C@@]4(O)C[C@H]5O[C@H]5C[C@]34C)[C@@H]1CCC2=O. The molecule has 5 aliphatic rings. The van der Waals surface area contributed by atoms with E-state index in [4.69, 9.17) is 4.74 Å². The van der Waals surface area contributed by atoms with Crippen molar-refractivity contribution < 1.29 is 19.7 Å². The predicted molar refractivity (Wildman–Crippen MR) is 83.6 cm³/mol. The summed E-state index contributed by atoms with van der Waals surface area (Å²) < 4.78 is 5.73. The summed E-state index contributed by atoms with van der Waals surface area (Å²) in [5.74, 6) is 1.60. The van der Waals surface area contributed by atoms with Gasteiger partial charge in [-0.05, 0) is 49.9 Å². The van der Waals surface area contributed by atoms with Gasteiger partial charge >= 0.3 is 0 Å². The van der Waals surface area contributed by atoms with E-state index in [9.17, 15) is 15.0 Å². The standard InChI is InChI=1S/C19H28O4/c1-17-6-5-12-10(11(17)3-4-15(17)20)7-16(21)19(22)9-14-13(23-14)8-18(12,19)2/h10-14,16,21-22H,3-9H2,1-2H3/t10-,11-,12-,13-,14+,16-,17-,18+,19-/m0/s1. The van der Waals surface area contributed by atoms with Crippen LogP contribution in [0.5, 0.6) is 0 Å². The molecule has 5 fully saturated rings. The Balaban J connectivity index is 1.55. The number of ketones is 1. The van der Waals surface area contributed by atoms with Crippen LogP contribution >= 0.6 is 0 Å². The van der Waals surface area contributed by atoms with Gasteiger partial charge in [-0.25, -0.2) is 0 Å². The molecule has 1 heterocycles. The zero-order valence-corrected chi connectivity index (χ0v) is 14.1. The van der Waals surface area contributed by atoms with Gasteiger partial charge in [0.1, 0.15) is 5.78 Å². The van der Waals surface area contributed by atoms with E-state index in [2.05, 4.69) is 13.8 Å². The lowest BCUT2D eigenvalue weighted by Gasteiger charge is -2.63. The van der Waals surface area contributed by atoms with Crippen LogP contribution in [0.3, 0.4) is 0 Å². The first-order valence-corrected chi connectivity index (χ1v) is 9.39. The Kier molecular flexibility index (Phi) is 2.71.